The second kappa shape index (κ2) is 12.0. The molecule has 2 nitrogen and oxygen atoms in total. The molecule has 0 spiro atoms. The van der Waals surface area contributed by atoms with Gasteiger partial charge >= 0.3 is 0 Å². The monoisotopic (exact) mass is 303 g/mol. The molecule has 22 heavy (non-hydrogen) atoms. The Morgan fingerprint density at radius 2 is 1.77 bits per heavy atom. The molecular weight excluding hydrogens is 270 g/mol. The smallest absolute Gasteiger partial charge is 0.119 e. The van der Waals surface area contributed by atoms with Gasteiger partial charge in [-0.25, -0.2) is 0 Å². The van der Waals surface area contributed by atoms with E-state index in [4.69, 9.17) is 4.74 Å². The number of rotatable bonds is 5. The number of nitrogens with one attached hydrogen (secondary N) is 1. The molecule has 2 heteroatoms. The Bertz CT molecular complexity index is 410. The van der Waals surface area contributed by atoms with Crippen LogP contribution in [0.25, 0.3) is 0 Å². The van der Waals surface area contributed by atoms with E-state index in [0.29, 0.717) is 12.1 Å². The van der Waals surface area contributed by atoms with Crippen LogP contribution in [0.15, 0.2) is 49.6 Å². The van der Waals surface area contributed by atoms with Crippen LogP contribution in [-0.4, -0.2) is 19.2 Å². The molecule has 1 N–H and O–H groups in total. The minimum atomic E-state index is 0.370. The van der Waals surface area contributed by atoms with Crippen LogP contribution in [0.1, 0.15) is 45.6 Å². The SMILES string of the molecule is C=C.C=C(C)Cc1ccc(OC2CCC(NC)C2)cc1.CC. The van der Waals surface area contributed by atoms with Crippen molar-refractivity contribution in [2.24, 2.45) is 0 Å². The molecule has 2 atom stereocenters. The summed E-state index contributed by atoms with van der Waals surface area (Å²) in [6.07, 6.45) is 4.80. The normalized spacial score (nSPS) is 19.3. The maximum absolute atomic E-state index is 6.00. The molecule has 0 amide bonds. The van der Waals surface area contributed by atoms with E-state index in [1.807, 2.05) is 20.9 Å². The Labute approximate surface area is 137 Å². The Morgan fingerprint density at radius 1 is 1.18 bits per heavy atom. The first-order chi connectivity index (χ1) is 10.7. The van der Waals surface area contributed by atoms with Crippen LogP contribution in [-0.2, 0) is 6.42 Å². The Kier molecular flexibility index (Phi) is 11.2. The van der Waals surface area contributed by atoms with Crippen molar-refractivity contribution in [3.63, 3.8) is 0 Å². The van der Waals surface area contributed by atoms with Gasteiger partial charge in [0.2, 0.25) is 0 Å². The highest BCUT2D eigenvalue weighted by atomic mass is 16.5. The fraction of sp³-hybridized carbons (Fsp3) is 0.500. The lowest BCUT2D eigenvalue weighted by Gasteiger charge is -2.14. The van der Waals surface area contributed by atoms with Gasteiger partial charge in [0.1, 0.15) is 11.9 Å². The summed E-state index contributed by atoms with van der Waals surface area (Å²) in [6, 6.07) is 9.04. The van der Waals surface area contributed by atoms with E-state index in [1.165, 1.54) is 17.6 Å². The van der Waals surface area contributed by atoms with Gasteiger partial charge in [-0.3, -0.25) is 0 Å². The van der Waals surface area contributed by atoms with Crippen molar-refractivity contribution >= 4 is 0 Å². The molecule has 0 saturated heterocycles. The summed E-state index contributed by atoms with van der Waals surface area (Å²) in [7, 11) is 2.03. The van der Waals surface area contributed by atoms with E-state index in [-0.39, 0.29) is 0 Å². The predicted molar refractivity (Wildman–Crippen MR) is 98.7 cm³/mol. The molecule has 0 heterocycles. The lowest BCUT2D eigenvalue weighted by molar-refractivity contribution is 0.206. The van der Waals surface area contributed by atoms with Crippen molar-refractivity contribution in [2.75, 3.05) is 7.05 Å². The van der Waals surface area contributed by atoms with E-state index in [9.17, 15) is 0 Å². The fourth-order valence-electron chi connectivity index (χ4n) is 2.54. The molecule has 1 aromatic carbocycles. The van der Waals surface area contributed by atoms with Gasteiger partial charge in [-0.2, -0.15) is 0 Å². The molecule has 1 aliphatic rings. The third-order valence-electron chi connectivity index (χ3n) is 3.52. The van der Waals surface area contributed by atoms with Crippen LogP contribution in [0, 0.1) is 0 Å². The van der Waals surface area contributed by atoms with Crippen LogP contribution in [0.2, 0.25) is 0 Å². The minimum absolute atomic E-state index is 0.370. The number of benzene rings is 1. The summed E-state index contributed by atoms with van der Waals surface area (Å²) in [6.45, 7) is 16.0. The van der Waals surface area contributed by atoms with Crippen molar-refractivity contribution in [3.05, 3.63) is 55.1 Å². The first-order valence-electron chi connectivity index (χ1n) is 8.24. The zero-order valence-corrected chi connectivity index (χ0v) is 14.8. The quantitative estimate of drug-likeness (QED) is 0.759. The highest BCUT2D eigenvalue weighted by molar-refractivity contribution is 5.29. The van der Waals surface area contributed by atoms with Gasteiger partial charge in [0, 0.05) is 6.04 Å². The van der Waals surface area contributed by atoms with Crippen molar-refractivity contribution in [1.29, 1.82) is 0 Å². The lowest BCUT2D eigenvalue weighted by atomic mass is 10.1. The Morgan fingerprint density at radius 3 is 2.23 bits per heavy atom. The summed E-state index contributed by atoms with van der Waals surface area (Å²) < 4.78 is 6.00. The predicted octanol–water partition coefficient (Wildman–Crippen LogP) is 5.15. The molecule has 0 radical (unpaired) electrons. The van der Waals surface area contributed by atoms with E-state index >= 15 is 0 Å². The third-order valence-corrected chi connectivity index (χ3v) is 3.52. The van der Waals surface area contributed by atoms with E-state index < -0.39 is 0 Å². The highest BCUT2D eigenvalue weighted by Gasteiger charge is 2.24. The number of hydrogen-bond acceptors (Lipinski definition) is 2. The molecule has 1 fully saturated rings. The lowest BCUT2D eigenvalue weighted by Crippen LogP contribution is -2.23. The second-order valence-corrected chi connectivity index (χ2v) is 5.32. The molecule has 0 bridgehead atoms. The first-order valence-corrected chi connectivity index (χ1v) is 8.24. The van der Waals surface area contributed by atoms with Gasteiger partial charge in [-0.05, 0) is 57.4 Å². The zero-order valence-electron chi connectivity index (χ0n) is 14.8. The molecular formula is C20H33NO. The first kappa shape index (κ1) is 20.5. The molecule has 2 unspecified atom stereocenters. The molecule has 0 aliphatic heterocycles. The largest absolute Gasteiger partial charge is 0.490 e. The summed E-state index contributed by atoms with van der Waals surface area (Å²) in [5.74, 6) is 0.988. The molecule has 1 aliphatic carbocycles. The summed E-state index contributed by atoms with van der Waals surface area (Å²) in [4.78, 5) is 0. The molecule has 124 valence electrons. The standard InChI is InChI=1S/C16H23NO.C2H6.C2H4/c1-12(2)10-13-4-7-15(8-5-13)18-16-9-6-14(11-16)17-3;2*1-2/h4-5,7-8,14,16-17H,1,6,9-11H2,2-3H3;1-2H3;1-2H2. The molecule has 2 rings (SSSR count). The average Bonchev–Trinajstić information content (AvgIpc) is 3.00. The number of ether oxygens (including phenoxy) is 1. The van der Waals surface area contributed by atoms with Gasteiger partial charge in [-0.1, -0.05) is 38.1 Å². The maximum atomic E-state index is 6.00. The van der Waals surface area contributed by atoms with Crippen LogP contribution in [0.4, 0.5) is 0 Å². The second-order valence-electron chi connectivity index (χ2n) is 5.32. The topological polar surface area (TPSA) is 21.3 Å². The van der Waals surface area contributed by atoms with Gasteiger partial charge in [-0.15, -0.1) is 13.2 Å². The number of allylic oxidation sites excluding steroid dienone is 1. The third kappa shape index (κ3) is 7.46. The van der Waals surface area contributed by atoms with Gasteiger partial charge < -0.3 is 10.1 Å². The maximum Gasteiger partial charge on any atom is 0.119 e. The Hall–Kier alpha value is -1.54. The Balaban J connectivity index is 0.00000102. The number of hydrogen-bond donors (Lipinski definition) is 1. The van der Waals surface area contributed by atoms with Crippen LogP contribution in [0.3, 0.4) is 0 Å². The minimum Gasteiger partial charge on any atom is -0.490 e. The zero-order chi connectivity index (χ0) is 17.0. The summed E-state index contributed by atoms with van der Waals surface area (Å²) in [5, 5.41) is 3.32. The average molecular weight is 303 g/mol. The van der Waals surface area contributed by atoms with Gasteiger partial charge in [0.05, 0.1) is 0 Å². The fourth-order valence-corrected chi connectivity index (χ4v) is 2.54. The van der Waals surface area contributed by atoms with Crippen LogP contribution < -0.4 is 10.1 Å². The van der Waals surface area contributed by atoms with Crippen LogP contribution >= 0.6 is 0 Å². The van der Waals surface area contributed by atoms with Crippen molar-refractivity contribution in [1.82, 2.24) is 5.32 Å². The van der Waals surface area contributed by atoms with Crippen molar-refractivity contribution in [2.45, 2.75) is 58.6 Å². The molecule has 0 aromatic heterocycles. The van der Waals surface area contributed by atoms with Crippen molar-refractivity contribution < 1.29 is 4.74 Å². The highest BCUT2D eigenvalue weighted by Crippen LogP contribution is 2.25. The van der Waals surface area contributed by atoms with Gasteiger partial charge in [0.15, 0.2) is 0 Å². The molecule has 1 saturated carbocycles. The van der Waals surface area contributed by atoms with Crippen molar-refractivity contribution in [3.8, 4) is 5.75 Å². The summed E-state index contributed by atoms with van der Waals surface area (Å²) in [5.41, 5.74) is 2.49. The molecule has 1 aromatic rings. The van der Waals surface area contributed by atoms with E-state index in [1.54, 1.807) is 0 Å². The van der Waals surface area contributed by atoms with E-state index in [2.05, 4.69) is 56.2 Å². The van der Waals surface area contributed by atoms with Gasteiger partial charge in [0.25, 0.3) is 0 Å². The summed E-state index contributed by atoms with van der Waals surface area (Å²) >= 11 is 0. The van der Waals surface area contributed by atoms with E-state index in [0.717, 1.165) is 25.0 Å². The van der Waals surface area contributed by atoms with Crippen LogP contribution in [0.5, 0.6) is 5.75 Å².